The summed E-state index contributed by atoms with van der Waals surface area (Å²) >= 11 is 3.26. The summed E-state index contributed by atoms with van der Waals surface area (Å²) in [6.07, 6.45) is 0. The highest BCUT2D eigenvalue weighted by molar-refractivity contribution is 9.10. The van der Waals surface area contributed by atoms with Crippen molar-refractivity contribution in [2.75, 3.05) is 0 Å². The van der Waals surface area contributed by atoms with Gasteiger partial charge in [0.1, 0.15) is 6.04 Å². The van der Waals surface area contributed by atoms with Crippen LogP contribution in [0.1, 0.15) is 27.8 Å². The van der Waals surface area contributed by atoms with E-state index in [4.69, 9.17) is 5.73 Å². The maximum Gasteiger partial charge on any atom is 0.273 e. The Morgan fingerprint density at radius 2 is 2.00 bits per heavy atom. The average molecular weight is 337 g/mol. The van der Waals surface area contributed by atoms with E-state index in [1.807, 2.05) is 6.07 Å². The molecule has 0 radical (unpaired) electrons. The second-order valence-corrected chi connectivity index (χ2v) is 5.02. The molecule has 0 bridgehead atoms. The molecule has 1 aromatic carbocycles. The lowest BCUT2D eigenvalue weighted by atomic mass is 10.1. The Balaban J connectivity index is 2.24. The van der Waals surface area contributed by atoms with Gasteiger partial charge in [0.25, 0.3) is 5.91 Å². The van der Waals surface area contributed by atoms with Gasteiger partial charge in [-0.1, -0.05) is 30.3 Å². The van der Waals surface area contributed by atoms with Crippen LogP contribution in [0.4, 0.5) is 0 Å². The highest BCUT2D eigenvalue weighted by Gasteiger charge is 2.23. The van der Waals surface area contributed by atoms with E-state index in [1.54, 1.807) is 31.2 Å². The van der Waals surface area contributed by atoms with Gasteiger partial charge in [-0.15, -0.1) is 0 Å². The summed E-state index contributed by atoms with van der Waals surface area (Å²) in [5.41, 5.74) is 6.88. The van der Waals surface area contributed by atoms with Gasteiger partial charge in [-0.05, 0) is 28.4 Å². The number of nitrogens with one attached hydrogen (secondary N) is 2. The zero-order valence-corrected chi connectivity index (χ0v) is 12.3. The first-order valence-corrected chi connectivity index (χ1v) is 6.65. The predicted octanol–water partition coefficient (Wildman–Crippen LogP) is 1.44. The zero-order valence-electron chi connectivity index (χ0n) is 10.7. The number of carbonyl (C=O) groups excluding carboxylic acids is 2. The number of hydrogen-bond donors (Lipinski definition) is 3. The minimum absolute atomic E-state index is 0.185. The van der Waals surface area contributed by atoms with Crippen LogP contribution in [0.25, 0.3) is 0 Å². The van der Waals surface area contributed by atoms with E-state index >= 15 is 0 Å². The number of hydrogen-bond acceptors (Lipinski definition) is 3. The van der Waals surface area contributed by atoms with Crippen LogP contribution in [0.2, 0.25) is 0 Å². The molecule has 1 atom stereocenters. The topological polar surface area (TPSA) is 101 Å². The molecule has 1 heterocycles. The van der Waals surface area contributed by atoms with E-state index in [0.717, 1.165) is 5.69 Å². The zero-order chi connectivity index (χ0) is 14.7. The van der Waals surface area contributed by atoms with Gasteiger partial charge in [0.15, 0.2) is 5.69 Å². The van der Waals surface area contributed by atoms with E-state index < -0.39 is 17.9 Å². The van der Waals surface area contributed by atoms with Gasteiger partial charge in [-0.2, -0.15) is 5.10 Å². The monoisotopic (exact) mass is 336 g/mol. The molecular formula is C13H13BrN4O2. The van der Waals surface area contributed by atoms with Gasteiger partial charge in [0.05, 0.1) is 4.47 Å². The number of benzene rings is 1. The number of primary amides is 1. The molecule has 0 saturated carbocycles. The van der Waals surface area contributed by atoms with Crippen LogP contribution in [-0.2, 0) is 4.79 Å². The highest BCUT2D eigenvalue weighted by Crippen LogP contribution is 2.19. The molecule has 2 aromatic rings. The van der Waals surface area contributed by atoms with Crippen molar-refractivity contribution in [1.82, 2.24) is 15.5 Å². The summed E-state index contributed by atoms with van der Waals surface area (Å²) in [5.74, 6) is -1.11. The third-order valence-corrected chi connectivity index (χ3v) is 3.75. The lowest BCUT2D eigenvalue weighted by Crippen LogP contribution is -2.37. The Labute approximate surface area is 123 Å². The Hall–Kier alpha value is -2.15. The number of nitrogens with zero attached hydrogens (tertiary/aromatic N) is 1. The van der Waals surface area contributed by atoms with Crippen molar-refractivity contribution in [3.05, 3.63) is 51.8 Å². The summed E-state index contributed by atoms with van der Waals surface area (Å²) in [6, 6.07) is 7.91. The number of rotatable bonds is 4. The Kier molecular flexibility index (Phi) is 4.19. The molecule has 4 N–H and O–H groups in total. The first-order chi connectivity index (χ1) is 9.50. The molecular weight excluding hydrogens is 324 g/mol. The van der Waals surface area contributed by atoms with Crippen molar-refractivity contribution in [3.8, 4) is 0 Å². The van der Waals surface area contributed by atoms with Crippen molar-refractivity contribution >= 4 is 27.7 Å². The maximum atomic E-state index is 12.1. The maximum absolute atomic E-state index is 12.1. The number of halogens is 1. The first kappa shape index (κ1) is 14.3. The number of carbonyl (C=O) groups is 2. The molecule has 2 amide bonds. The SMILES string of the molecule is Cc1[nH]nc(C(=O)N[C@H](C(N)=O)c2ccccc2)c1Br. The fourth-order valence-corrected chi connectivity index (χ4v) is 2.09. The van der Waals surface area contributed by atoms with E-state index in [0.29, 0.717) is 10.0 Å². The Morgan fingerprint density at radius 3 is 2.50 bits per heavy atom. The van der Waals surface area contributed by atoms with Crippen molar-refractivity contribution in [2.24, 2.45) is 5.73 Å². The van der Waals surface area contributed by atoms with Crippen LogP contribution in [0, 0.1) is 6.92 Å². The average Bonchev–Trinajstić information content (AvgIpc) is 2.77. The molecule has 7 heteroatoms. The molecule has 0 aliphatic carbocycles. The number of nitrogens with two attached hydrogens (primary N) is 1. The van der Waals surface area contributed by atoms with Crippen molar-refractivity contribution < 1.29 is 9.59 Å². The molecule has 0 saturated heterocycles. The van der Waals surface area contributed by atoms with Gasteiger partial charge in [-0.3, -0.25) is 14.7 Å². The van der Waals surface area contributed by atoms with Crippen LogP contribution < -0.4 is 11.1 Å². The first-order valence-electron chi connectivity index (χ1n) is 5.86. The summed E-state index contributed by atoms with van der Waals surface area (Å²) < 4.78 is 0.561. The number of aryl methyl sites for hydroxylation is 1. The quantitative estimate of drug-likeness (QED) is 0.787. The number of aromatic nitrogens is 2. The summed E-state index contributed by atoms with van der Waals surface area (Å²) in [6.45, 7) is 1.77. The summed E-state index contributed by atoms with van der Waals surface area (Å²) in [5, 5.41) is 9.15. The lowest BCUT2D eigenvalue weighted by Gasteiger charge is -2.15. The fraction of sp³-hybridized carbons (Fsp3) is 0.154. The minimum atomic E-state index is -0.896. The third-order valence-electron chi connectivity index (χ3n) is 2.78. The van der Waals surface area contributed by atoms with Gasteiger partial charge >= 0.3 is 0 Å². The summed E-state index contributed by atoms with van der Waals surface area (Å²) in [4.78, 5) is 23.7. The predicted molar refractivity (Wildman–Crippen MR) is 76.9 cm³/mol. The van der Waals surface area contributed by atoms with E-state index in [2.05, 4.69) is 31.4 Å². The van der Waals surface area contributed by atoms with E-state index in [-0.39, 0.29) is 5.69 Å². The normalized spacial score (nSPS) is 11.9. The lowest BCUT2D eigenvalue weighted by molar-refractivity contribution is -0.120. The smallest absolute Gasteiger partial charge is 0.273 e. The number of amides is 2. The standard InChI is InChI=1S/C13H13BrN4O2/c1-7-9(14)11(18-17-7)13(20)16-10(12(15)19)8-5-3-2-4-6-8/h2-6,10H,1H3,(H2,15,19)(H,16,20)(H,17,18)/t10-/m0/s1. The molecule has 20 heavy (non-hydrogen) atoms. The molecule has 0 aliphatic heterocycles. The van der Waals surface area contributed by atoms with Crippen LogP contribution >= 0.6 is 15.9 Å². The number of aromatic amines is 1. The number of H-pyrrole nitrogens is 1. The summed E-state index contributed by atoms with van der Waals surface area (Å²) in [7, 11) is 0. The van der Waals surface area contributed by atoms with Crippen molar-refractivity contribution in [1.29, 1.82) is 0 Å². The van der Waals surface area contributed by atoms with E-state index in [1.165, 1.54) is 0 Å². The van der Waals surface area contributed by atoms with E-state index in [9.17, 15) is 9.59 Å². The second-order valence-electron chi connectivity index (χ2n) is 4.23. The highest BCUT2D eigenvalue weighted by atomic mass is 79.9. The van der Waals surface area contributed by atoms with Crippen molar-refractivity contribution in [3.63, 3.8) is 0 Å². The molecule has 0 unspecified atom stereocenters. The van der Waals surface area contributed by atoms with Gasteiger partial charge in [-0.25, -0.2) is 0 Å². The van der Waals surface area contributed by atoms with Crippen molar-refractivity contribution in [2.45, 2.75) is 13.0 Å². The van der Waals surface area contributed by atoms with Crippen LogP contribution in [-0.4, -0.2) is 22.0 Å². The molecule has 104 valence electrons. The van der Waals surface area contributed by atoms with Gasteiger partial charge < -0.3 is 11.1 Å². The molecule has 2 rings (SSSR count). The van der Waals surface area contributed by atoms with Gasteiger partial charge in [0.2, 0.25) is 5.91 Å². The van der Waals surface area contributed by atoms with Crippen LogP contribution in [0.15, 0.2) is 34.8 Å². The Bertz CT molecular complexity index is 639. The van der Waals surface area contributed by atoms with Crippen LogP contribution in [0.3, 0.4) is 0 Å². The largest absolute Gasteiger partial charge is 0.368 e. The molecule has 0 fully saturated rings. The minimum Gasteiger partial charge on any atom is -0.368 e. The molecule has 0 spiro atoms. The molecule has 1 aromatic heterocycles. The molecule has 6 nitrogen and oxygen atoms in total. The van der Waals surface area contributed by atoms with Gasteiger partial charge in [0, 0.05) is 5.69 Å². The molecule has 0 aliphatic rings. The fourth-order valence-electron chi connectivity index (χ4n) is 1.73. The Morgan fingerprint density at radius 1 is 1.35 bits per heavy atom. The van der Waals surface area contributed by atoms with Crippen LogP contribution in [0.5, 0.6) is 0 Å². The second kappa shape index (κ2) is 5.87. The third kappa shape index (κ3) is 2.88.